The van der Waals surface area contributed by atoms with Crippen molar-refractivity contribution in [1.29, 1.82) is 0 Å². The van der Waals surface area contributed by atoms with Crippen LogP contribution in [0.4, 0.5) is 0 Å². The van der Waals surface area contributed by atoms with Crippen molar-refractivity contribution in [2.75, 3.05) is 20.8 Å². The molecule has 1 atom stereocenters. The Morgan fingerprint density at radius 2 is 2.12 bits per heavy atom. The summed E-state index contributed by atoms with van der Waals surface area (Å²) in [5, 5.41) is 2.12. The van der Waals surface area contributed by atoms with E-state index >= 15 is 0 Å². The van der Waals surface area contributed by atoms with E-state index in [4.69, 9.17) is 9.47 Å². The van der Waals surface area contributed by atoms with Gasteiger partial charge >= 0.3 is 0 Å². The van der Waals surface area contributed by atoms with E-state index in [9.17, 15) is 4.79 Å². The number of ether oxygens (including phenoxy) is 2. The molecule has 0 fully saturated rings. The van der Waals surface area contributed by atoms with E-state index in [2.05, 4.69) is 18.4 Å². The van der Waals surface area contributed by atoms with Crippen molar-refractivity contribution in [3.05, 3.63) is 45.6 Å². The number of amides is 1. The molecule has 3 rings (SSSR count). The molecule has 0 spiro atoms. The third-order valence-corrected chi connectivity index (χ3v) is 5.69. The number of rotatable bonds is 5. The Hall–Kier alpha value is -2.01. The van der Waals surface area contributed by atoms with Crippen molar-refractivity contribution in [2.45, 2.75) is 32.2 Å². The molecule has 0 saturated heterocycles. The second-order valence-electron chi connectivity index (χ2n) is 5.96. The van der Waals surface area contributed by atoms with E-state index in [1.165, 1.54) is 10.4 Å². The lowest BCUT2D eigenvalue weighted by molar-refractivity contribution is -0.133. The minimum atomic E-state index is 0.166. The summed E-state index contributed by atoms with van der Waals surface area (Å²) in [4.78, 5) is 16.1. The number of nitrogens with zero attached hydrogens (tertiary/aromatic N) is 1. The molecule has 128 valence electrons. The molecule has 0 bridgehead atoms. The number of hydrogen-bond acceptors (Lipinski definition) is 4. The number of fused-ring (bicyclic) bond motifs is 1. The van der Waals surface area contributed by atoms with Gasteiger partial charge in [-0.05, 0) is 48.4 Å². The lowest BCUT2D eigenvalue weighted by Crippen LogP contribution is -2.38. The van der Waals surface area contributed by atoms with Crippen molar-refractivity contribution >= 4 is 17.2 Å². The van der Waals surface area contributed by atoms with Crippen molar-refractivity contribution < 1.29 is 14.3 Å². The summed E-state index contributed by atoms with van der Waals surface area (Å²) < 4.78 is 10.8. The lowest BCUT2D eigenvalue weighted by Gasteiger charge is -2.33. The predicted molar refractivity (Wildman–Crippen MR) is 96.0 cm³/mol. The lowest BCUT2D eigenvalue weighted by atomic mass is 10.00. The van der Waals surface area contributed by atoms with Crippen LogP contribution >= 0.6 is 11.3 Å². The minimum Gasteiger partial charge on any atom is -0.493 e. The zero-order valence-electron chi connectivity index (χ0n) is 14.4. The average molecular weight is 345 g/mol. The van der Waals surface area contributed by atoms with Crippen LogP contribution in [0.1, 0.15) is 35.4 Å². The van der Waals surface area contributed by atoms with Gasteiger partial charge in [-0.3, -0.25) is 4.79 Å². The van der Waals surface area contributed by atoms with Gasteiger partial charge in [-0.15, -0.1) is 11.3 Å². The molecule has 2 aromatic rings. The Bertz CT molecular complexity index is 725. The number of carbonyl (C=O) groups is 1. The standard InChI is InChI=1S/C19H23NO3S/c1-13-15-10-12-24-17(15)9-11-20(13)18(21)8-7-14-5-4-6-16(22-2)19(14)23-3/h4-6,10,12-13H,7-9,11H2,1-3H3. The molecule has 1 aromatic heterocycles. The van der Waals surface area contributed by atoms with Crippen LogP contribution in [0, 0.1) is 0 Å². The molecule has 4 nitrogen and oxygen atoms in total. The zero-order chi connectivity index (χ0) is 17.1. The highest BCUT2D eigenvalue weighted by Gasteiger charge is 2.28. The third kappa shape index (κ3) is 3.13. The molecule has 0 N–H and O–H groups in total. The molecular weight excluding hydrogens is 322 g/mol. The highest BCUT2D eigenvalue weighted by molar-refractivity contribution is 7.10. The van der Waals surface area contributed by atoms with Crippen LogP contribution in [0.15, 0.2) is 29.6 Å². The van der Waals surface area contributed by atoms with E-state index in [0.717, 1.165) is 24.3 Å². The van der Waals surface area contributed by atoms with Gasteiger partial charge in [0, 0.05) is 17.8 Å². The summed E-state index contributed by atoms with van der Waals surface area (Å²) in [6, 6.07) is 8.11. The van der Waals surface area contributed by atoms with Gasteiger partial charge in [0.25, 0.3) is 0 Å². The molecule has 0 aliphatic carbocycles. The first-order valence-corrected chi connectivity index (χ1v) is 9.09. The van der Waals surface area contributed by atoms with Crippen LogP contribution in [-0.4, -0.2) is 31.6 Å². The fourth-order valence-corrected chi connectivity index (χ4v) is 4.35. The molecule has 1 aromatic carbocycles. The Balaban J connectivity index is 1.69. The number of para-hydroxylation sites is 1. The van der Waals surface area contributed by atoms with Gasteiger partial charge < -0.3 is 14.4 Å². The second-order valence-corrected chi connectivity index (χ2v) is 6.97. The Morgan fingerprint density at radius 3 is 2.88 bits per heavy atom. The van der Waals surface area contributed by atoms with Crippen molar-refractivity contribution in [1.82, 2.24) is 4.90 Å². The van der Waals surface area contributed by atoms with Crippen molar-refractivity contribution in [2.24, 2.45) is 0 Å². The average Bonchev–Trinajstić information content (AvgIpc) is 3.09. The van der Waals surface area contributed by atoms with Gasteiger partial charge in [-0.1, -0.05) is 12.1 Å². The molecule has 0 radical (unpaired) electrons. The molecule has 1 unspecified atom stereocenters. The molecule has 1 aliphatic rings. The molecule has 0 saturated carbocycles. The minimum absolute atomic E-state index is 0.166. The smallest absolute Gasteiger partial charge is 0.223 e. The quantitative estimate of drug-likeness (QED) is 0.826. The van der Waals surface area contributed by atoms with E-state index in [-0.39, 0.29) is 11.9 Å². The largest absolute Gasteiger partial charge is 0.493 e. The fraction of sp³-hybridized carbons (Fsp3) is 0.421. The maximum Gasteiger partial charge on any atom is 0.223 e. The summed E-state index contributed by atoms with van der Waals surface area (Å²) in [6.45, 7) is 2.93. The summed E-state index contributed by atoms with van der Waals surface area (Å²) in [5.41, 5.74) is 2.31. The summed E-state index contributed by atoms with van der Waals surface area (Å²) in [7, 11) is 3.26. The van der Waals surface area contributed by atoms with Crippen molar-refractivity contribution in [3.8, 4) is 11.5 Å². The van der Waals surface area contributed by atoms with Gasteiger partial charge in [0.1, 0.15) is 0 Å². The fourth-order valence-electron chi connectivity index (χ4n) is 3.39. The van der Waals surface area contributed by atoms with Crippen molar-refractivity contribution in [3.63, 3.8) is 0 Å². The topological polar surface area (TPSA) is 38.8 Å². The summed E-state index contributed by atoms with van der Waals surface area (Å²) >= 11 is 1.79. The van der Waals surface area contributed by atoms with E-state index in [1.54, 1.807) is 25.6 Å². The van der Waals surface area contributed by atoms with Gasteiger partial charge in [0.15, 0.2) is 11.5 Å². The number of hydrogen-bond donors (Lipinski definition) is 0. The maximum absolute atomic E-state index is 12.7. The molecule has 5 heteroatoms. The zero-order valence-corrected chi connectivity index (χ0v) is 15.2. The molecule has 1 amide bonds. The number of carbonyl (C=O) groups excluding carboxylic acids is 1. The monoisotopic (exact) mass is 345 g/mol. The Kier molecular flexibility index (Phi) is 5.09. The summed E-state index contributed by atoms with van der Waals surface area (Å²) in [6.07, 6.45) is 2.10. The van der Waals surface area contributed by atoms with Crippen LogP contribution in [0.2, 0.25) is 0 Å². The first kappa shape index (κ1) is 16.8. The van der Waals surface area contributed by atoms with E-state index in [1.807, 2.05) is 23.1 Å². The first-order valence-electron chi connectivity index (χ1n) is 8.21. The molecule has 24 heavy (non-hydrogen) atoms. The van der Waals surface area contributed by atoms with Gasteiger partial charge in [0.2, 0.25) is 5.91 Å². The van der Waals surface area contributed by atoms with E-state index < -0.39 is 0 Å². The first-order chi connectivity index (χ1) is 11.7. The highest BCUT2D eigenvalue weighted by Crippen LogP contribution is 2.34. The van der Waals surface area contributed by atoms with Gasteiger partial charge in [-0.2, -0.15) is 0 Å². The normalized spacial score (nSPS) is 16.6. The van der Waals surface area contributed by atoms with Gasteiger partial charge in [0.05, 0.1) is 20.3 Å². The predicted octanol–water partition coefficient (Wildman–Crippen LogP) is 3.84. The second kappa shape index (κ2) is 7.26. The van der Waals surface area contributed by atoms with Crippen LogP contribution in [0.5, 0.6) is 11.5 Å². The van der Waals surface area contributed by atoms with Crippen LogP contribution < -0.4 is 9.47 Å². The number of methoxy groups -OCH3 is 2. The van der Waals surface area contributed by atoms with E-state index in [0.29, 0.717) is 18.6 Å². The molecule has 2 heterocycles. The number of benzene rings is 1. The SMILES string of the molecule is COc1cccc(CCC(=O)N2CCc3sccc3C2C)c1OC. The summed E-state index contributed by atoms with van der Waals surface area (Å²) in [5.74, 6) is 1.63. The van der Waals surface area contributed by atoms with Crippen LogP contribution in [0.3, 0.4) is 0 Å². The van der Waals surface area contributed by atoms with Crippen LogP contribution in [-0.2, 0) is 17.6 Å². The Labute approximate surface area is 147 Å². The highest BCUT2D eigenvalue weighted by atomic mass is 32.1. The van der Waals surface area contributed by atoms with Crippen LogP contribution in [0.25, 0.3) is 0 Å². The third-order valence-electron chi connectivity index (χ3n) is 4.69. The molecular formula is C19H23NO3S. The van der Waals surface area contributed by atoms with Gasteiger partial charge in [-0.25, -0.2) is 0 Å². The Morgan fingerprint density at radius 1 is 1.29 bits per heavy atom. The molecule has 1 aliphatic heterocycles. The number of aryl methyl sites for hydroxylation is 1. The number of thiophene rings is 1. The maximum atomic E-state index is 12.7.